The fourth-order valence-corrected chi connectivity index (χ4v) is 2.40. The molecule has 0 bridgehead atoms. The van der Waals surface area contributed by atoms with Crippen molar-refractivity contribution in [3.63, 3.8) is 0 Å². The third-order valence-electron chi connectivity index (χ3n) is 3.12. The summed E-state index contributed by atoms with van der Waals surface area (Å²) in [4.78, 5) is 3.94. The summed E-state index contributed by atoms with van der Waals surface area (Å²) in [5, 5.41) is 8.32. The number of benzene rings is 1. The summed E-state index contributed by atoms with van der Waals surface area (Å²) < 4.78 is 7.19. The van der Waals surface area contributed by atoms with Gasteiger partial charge in [-0.05, 0) is 32.0 Å². The van der Waals surface area contributed by atoms with E-state index in [1.165, 1.54) is 6.33 Å². The van der Waals surface area contributed by atoms with E-state index in [9.17, 15) is 0 Å². The number of ether oxygens (including phenoxy) is 1. The molecule has 0 aliphatic carbocycles. The zero-order valence-corrected chi connectivity index (χ0v) is 12.6. The van der Waals surface area contributed by atoms with Crippen molar-refractivity contribution in [1.82, 2.24) is 20.1 Å². The molecule has 1 aromatic carbocycles. The summed E-state index contributed by atoms with van der Waals surface area (Å²) in [7, 11) is 1.66. The van der Waals surface area contributed by atoms with Gasteiger partial charge in [-0.15, -0.1) is 0 Å². The standard InChI is InChI=1S/C14H19ClN4O/c1-10(7-19-9-16-8-17-19)18-11(2)13-6-12(15)4-5-14(13)20-3/h4-6,8-11,18H,7H2,1-3H3/t10-,11-/m0/s1. The highest BCUT2D eigenvalue weighted by molar-refractivity contribution is 6.30. The van der Waals surface area contributed by atoms with Crippen LogP contribution in [0.4, 0.5) is 0 Å². The van der Waals surface area contributed by atoms with E-state index in [1.807, 2.05) is 18.2 Å². The summed E-state index contributed by atoms with van der Waals surface area (Å²) in [5.41, 5.74) is 1.05. The van der Waals surface area contributed by atoms with E-state index in [1.54, 1.807) is 18.1 Å². The molecule has 0 unspecified atom stereocenters. The summed E-state index contributed by atoms with van der Waals surface area (Å²) in [5.74, 6) is 0.836. The van der Waals surface area contributed by atoms with Gasteiger partial charge in [-0.3, -0.25) is 4.68 Å². The molecule has 1 heterocycles. The maximum atomic E-state index is 6.06. The summed E-state index contributed by atoms with van der Waals surface area (Å²) in [6.45, 7) is 4.95. The molecule has 20 heavy (non-hydrogen) atoms. The highest BCUT2D eigenvalue weighted by atomic mass is 35.5. The smallest absolute Gasteiger partial charge is 0.137 e. The van der Waals surface area contributed by atoms with Crippen molar-refractivity contribution >= 4 is 11.6 Å². The normalized spacial score (nSPS) is 14.0. The van der Waals surface area contributed by atoms with Crippen molar-refractivity contribution in [3.8, 4) is 5.75 Å². The lowest BCUT2D eigenvalue weighted by atomic mass is 10.1. The van der Waals surface area contributed by atoms with Gasteiger partial charge in [-0.1, -0.05) is 11.6 Å². The Morgan fingerprint density at radius 1 is 1.40 bits per heavy atom. The second kappa shape index (κ2) is 6.72. The molecule has 0 aliphatic rings. The first-order valence-electron chi connectivity index (χ1n) is 6.52. The van der Waals surface area contributed by atoms with Gasteiger partial charge in [0.1, 0.15) is 18.4 Å². The molecule has 2 rings (SSSR count). The summed E-state index contributed by atoms with van der Waals surface area (Å²) in [6, 6.07) is 6.02. The second-order valence-electron chi connectivity index (χ2n) is 4.79. The molecule has 0 amide bonds. The third kappa shape index (κ3) is 3.71. The monoisotopic (exact) mass is 294 g/mol. The molecule has 2 aromatic rings. The van der Waals surface area contributed by atoms with Gasteiger partial charge in [0.2, 0.25) is 0 Å². The van der Waals surface area contributed by atoms with Gasteiger partial charge in [0.15, 0.2) is 0 Å². The average molecular weight is 295 g/mol. The molecule has 0 aliphatic heterocycles. The molecule has 1 aromatic heterocycles. The predicted octanol–water partition coefficient (Wildman–Crippen LogP) is 2.68. The van der Waals surface area contributed by atoms with E-state index in [-0.39, 0.29) is 12.1 Å². The number of halogens is 1. The highest BCUT2D eigenvalue weighted by Crippen LogP contribution is 2.28. The lowest BCUT2D eigenvalue weighted by molar-refractivity contribution is 0.382. The van der Waals surface area contributed by atoms with Crippen LogP contribution >= 0.6 is 11.6 Å². The van der Waals surface area contributed by atoms with Gasteiger partial charge in [-0.2, -0.15) is 5.10 Å². The first-order chi connectivity index (χ1) is 9.60. The van der Waals surface area contributed by atoms with Crippen molar-refractivity contribution in [1.29, 1.82) is 0 Å². The molecule has 6 heteroatoms. The van der Waals surface area contributed by atoms with Gasteiger partial charge in [0.05, 0.1) is 13.7 Å². The average Bonchev–Trinajstić information content (AvgIpc) is 2.91. The number of methoxy groups -OCH3 is 1. The SMILES string of the molecule is COc1ccc(Cl)cc1[C@H](C)N[C@@H](C)Cn1cncn1. The number of nitrogens with one attached hydrogen (secondary N) is 1. The van der Waals surface area contributed by atoms with Crippen LogP contribution in [0.2, 0.25) is 5.02 Å². The lowest BCUT2D eigenvalue weighted by Crippen LogP contribution is -2.33. The Balaban J connectivity index is 2.03. The van der Waals surface area contributed by atoms with E-state index in [0.29, 0.717) is 5.02 Å². The van der Waals surface area contributed by atoms with Crippen LogP contribution in [0.15, 0.2) is 30.9 Å². The molecule has 0 fully saturated rings. The zero-order chi connectivity index (χ0) is 14.5. The Kier molecular flexibility index (Phi) is 4.98. The van der Waals surface area contributed by atoms with E-state index in [4.69, 9.17) is 16.3 Å². The van der Waals surface area contributed by atoms with Crippen LogP contribution in [0.1, 0.15) is 25.5 Å². The van der Waals surface area contributed by atoms with Gasteiger partial charge < -0.3 is 10.1 Å². The van der Waals surface area contributed by atoms with Crippen molar-refractivity contribution < 1.29 is 4.74 Å². The Morgan fingerprint density at radius 2 is 2.20 bits per heavy atom. The Hall–Kier alpha value is -1.59. The number of hydrogen-bond donors (Lipinski definition) is 1. The van der Waals surface area contributed by atoms with E-state index >= 15 is 0 Å². The molecule has 5 nitrogen and oxygen atoms in total. The van der Waals surface area contributed by atoms with E-state index in [0.717, 1.165) is 17.9 Å². The van der Waals surface area contributed by atoms with Crippen LogP contribution in [0.25, 0.3) is 0 Å². The van der Waals surface area contributed by atoms with Crippen LogP contribution in [0, 0.1) is 0 Å². The Labute approximate surface area is 123 Å². The third-order valence-corrected chi connectivity index (χ3v) is 3.36. The predicted molar refractivity (Wildman–Crippen MR) is 79.0 cm³/mol. The first kappa shape index (κ1) is 14.8. The topological polar surface area (TPSA) is 52.0 Å². The molecular weight excluding hydrogens is 276 g/mol. The fraction of sp³-hybridized carbons (Fsp3) is 0.429. The van der Waals surface area contributed by atoms with Gasteiger partial charge >= 0.3 is 0 Å². The molecule has 0 radical (unpaired) electrons. The highest BCUT2D eigenvalue weighted by Gasteiger charge is 2.14. The quantitative estimate of drug-likeness (QED) is 0.890. The van der Waals surface area contributed by atoms with E-state index in [2.05, 4.69) is 29.2 Å². The Morgan fingerprint density at radius 3 is 2.85 bits per heavy atom. The van der Waals surface area contributed by atoms with Crippen molar-refractivity contribution in [3.05, 3.63) is 41.4 Å². The molecule has 0 spiro atoms. The Bertz CT molecular complexity index is 544. The van der Waals surface area contributed by atoms with Crippen LogP contribution in [-0.4, -0.2) is 27.9 Å². The van der Waals surface area contributed by atoms with Crippen molar-refractivity contribution in [2.75, 3.05) is 7.11 Å². The minimum absolute atomic E-state index is 0.127. The first-order valence-corrected chi connectivity index (χ1v) is 6.90. The van der Waals surface area contributed by atoms with Crippen molar-refractivity contribution in [2.24, 2.45) is 0 Å². The maximum Gasteiger partial charge on any atom is 0.137 e. The molecule has 108 valence electrons. The molecule has 2 atom stereocenters. The maximum absolute atomic E-state index is 6.06. The van der Waals surface area contributed by atoms with Gasteiger partial charge in [0, 0.05) is 22.7 Å². The van der Waals surface area contributed by atoms with Gasteiger partial charge in [-0.25, -0.2) is 4.98 Å². The number of hydrogen-bond acceptors (Lipinski definition) is 4. The molecular formula is C14H19ClN4O. The largest absolute Gasteiger partial charge is 0.496 e. The number of aromatic nitrogens is 3. The van der Waals surface area contributed by atoms with Crippen LogP contribution in [0.3, 0.4) is 0 Å². The lowest BCUT2D eigenvalue weighted by Gasteiger charge is -2.22. The fourth-order valence-electron chi connectivity index (χ4n) is 2.22. The minimum atomic E-state index is 0.127. The van der Waals surface area contributed by atoms with Crippen molar-refractivity contribution in [2.45, 2.75) is 32.5 Å². The van der Waals surface area contributed by atoms with Crippen LogP contribution < -0.4 is 10.1 Å². The molecule has 0 saturated carbocycles. The van der Waals surface area contributed by atoms with Crippen LogP contribution in [0.5, 0.6) is 5.75 Å². The van der Waals surface area contributed by atoms with E-state index < -0.39 is 0 Å². The summed E-state index contributed by atoms with van der Waals surface area (Å²) in [6.07, 6.45) is 3.25. The minimum Gasteiger partial charge on any atom is -0.496 e. The number of rotatable bonds is 6. The van der Waals surface area contributed by atoms with Crippen LogP contribution in [-0.2, 0) is 6.54 Å². The molecule has 0 saturated heterocycles. The second-order valence-corrected chi connectivity index (χ2v) is 5.23. The number of nitrogens with zero attached hydrogens (tertiary/aromatic N) is 3. The molecule has 1 N–H and O–H groups in total. The zero-order valence-electron chi connectivity index (χ0n) is 11.9. The van der Waals surface area contributed by atoms with Gasteiger partial charge in [0.25, 0.3) is 0 Å². The summed E-state index contributed by atoms with van der Waals surface area (Å²) >= 11 is 6.06.